The highest BCUT2D eigenvalue weighted by atomic mass is 28.4. The van der Waals surface area contributed by atoms with Crippen molar-refractivity contribution >= 4 is 19.1 Å². The number of fused-ring (bicyclic) bond motifs is 1. The maximum absolute atomic E-state index is 14.4. The van der Waals surface area contributed by atoms with Gasteiger partial charge in [-0.15, -0.1) is 0 Å². The molecule has 0 fully saturated rings. The summed E-state index contributed by atoms with van der Waals surface area (Å²) >= 11 is 0. The number of benzene rings is 2. The van der Waals surface area contributed by atoms with E-state index < -0.39 is 8.32 Å². The van der Waals surface area contributed by atoms with Crippen LogP contribution in [0.4, 0.5) is 4.39 Å². The lowest BCUT2D eigenvalue weighted by molar-refractivity contribution is 0.474. The second-order valence-electron chi connectivity index (χ2n) is 8.44. The van der Waals surface area contributed by atoms with Gasteiger partial charge in [0.25, 0.3) is 8.32 Å². The van der Waals surface area contributed by atoms with Crippen molar-refractivity contribution in [1.82, 2.24) is 0 Å². The lowest BCUT2D eigenvalue weighted by atomic mass is 10.0. The summed E-state index contributed by atoms with van der Waals surface area (Å²) in [5, 5.41) is 1.64. The lowest BCUT2D eigenvalue weighted by Crippen LogP contribution is -2.50. The first-order chi connectivity index (χ1) is 12.2. The summed E-state index contributed by atoms with van der Waals surface area (Å²) < 4.78 is 21.4. The molecular formula is C23H35FOSi. The summed E-state index contributed by atoms with van der Waals surface area (Å²) in [7, 11) is -2.07. The monoisotopic (exact) mass is 374 g/mol. The fraction of sp³-hybridized carbons (Fsp3) is 0.565. The first kappa shape index (κ1) is 21.0. The summed E-state index contributed by atoms with van der Waals surface area (Å²) in [6, 6.07) is 9.43. The van der Waals surface area contributed by atoms with Gasteiger partial charge in [-0.1, -0.05) is 67.0 Å². The Balaban J connectivity index is 2.62. The summed E-state index contributed by atoms with van der Waals surface area (Å²) in [5.41, 5.74) is 2.72. The second-order valence-corrected chi connectivity index (χ2v) is 13.8. The van der Waals surface area contributed by atoms with E-state index in [1.54, 1.807) is 6.07 Å². The number of rotatable bonds is 8. The molecule has 0 aliphatic rings. The van der Waals surface area contributed by atoms with Gasteiger partial charge < -0.3 is 4.43 Å². The molecule has 2 aromatic rings. The Bertz CT molecular complexity index is 715. The number of hydrogen-bond acceptors (Lipinski definition) is 1. The number of hydrogen-bond donors (Lipinski definition) is 0. The fourth-order valence-electron chi connectivity index (χ4n) is 4.52. The van der Waals surface area contributed by atoms with Gasteiger partial charge in [-0.3, -0.25) is 0 Å². The summed E-state index contributed by atoms with van der Waals surface area (Å²) in [6.45, 7) is 16.0. The zero-order valence-corrected chi connectivity index (χ0v) is 18.5. The summed E-state index contributed by atoms with van der Waals surface area (Å²) in [6.07, 6.45) is 3.25. The number of halogens is 1. The molecule has 0 spiro atoms. The molecule has 2 aromatic carbocycles. The topological polar surface area (TPSA) is 9.23 Å². The molecular weight excluding hydrogens is 339 g/mol. The molecule has 26 heavy (non-hydrogen) atoms. The third-order valence-corrected chi connectivity index (χ3v) is 11.8. The van der Waals surface area contributed by atoms with Crippen LogP contribution in [0, 0.1) is 5.82 Å². The van der Waals surface area contributed by atoms with E-state index in [1.807, 2.05) is 12.1 Å². The maximum Gasteiger partial charge on any atom is 0.258 e. The second kappa shape index (κ2) is 8.56. The van der Waals surface area contributed by atoms with Crippen LogP contribution < -0.4 is 4.43 Å². The molecule has 0 heterocycles. The predicted octanol–water partition coefficient (Wildman–Crippen LogP) is 7.88. The predicted molar refractivity (Wildman–Crippen MR) is 114 cm³/mol. The molecule has 0 saturated heterocycles. The zero-order valence-electron chi connectivity index (χ0n) is 17.5. The molecule has 0 amide bonds. The van der Waals surface area contributed by atoms with Crippen LogP contribution >= 0.6 is 0 Å². The van der Waals surface area contributed by atoms with Crippen LogP contribution in [0.2, 0.25) is 16.6 Å². The Morgan fingerprint density at radius 3 is 2.12 bits per heavy atom. The summed E-state index contributed by atoms with van der Waals surface area (Å²) in [4.78, 5) is 0. The van der Waals surface area contributed by atoms with Gasteiger partial charge in [0.15, 0.2) is 0 Å². The van der Waals surface area contributed by atoms with Crippen LogP contribution in [0.15, 0.2) is 30.3 Å². The van der Waals surface area contributed by atoms with E-state index in [4.69, 9.17) is 4.43 Å². The summed E-state index contributed by atoms with van der Waals surface area (Å²) in [5.74, 6) is 0.749. The Kier molecular flexibility index (Phi) is 6.90. The average Bonchev–Trinajstić information content (AvgIpc) is 2.57. The molecule has 1 nitrogen and oxygen atoms in total. The Morgan fingerprint density at radius 2 is 1.58 bits per heavy atom. The third kappa shape index (κ3) is 3.98. The van der Waals surface area contributed by atoms with Gasteiger partial charge in [0.2, 0.25) is 0 Å². The molecule has 0 atom stereocenters. The van der Waals surface area contributed by atoms with E-state index in [0.29, 0.717) is 22.0 Å². The van der Waals surface area contributed by atoms with Crippen molar-refractivity contribution in [2.24, 2.45) is 0 Å². The first-order valence-corrected chi connectivity index (χ1v) is 12.3. The minimum absolute atomic E-state index is 0.166. The normalized spacial score (nSPS) is 12.6. The van der Waals surface area contributed by atoms with E-state index in [9.17, 15) is 4.39 Å². The van der Waals surface area contributed by atoms with Crippen LogP contribution in [-0.4, -0.2) is 8.32 Å². The number of unbranched alkanes of at least 4 members (excludes halogenated alkanes) is 1. The highest BCUT2D eigenvalue weighted by molar-refractivity contribution is 6.78. The zero-order chi connectivity index (χ0) is 19.5. The maximum atomic E-state index is 14.4. The van der Waals surface area contributed by atoms with Crippen LogP contribution in [0.5, 0.6) is 5.75 Å². The van der Waals surface area contributed by atoms with Crippen LogP contribution in [-0.2, 0) is 6.42 Å². The van der Waals surface area contributed by atoms with E-state index in [0.717, 1.165) is 30.4 Å². The van der Waals surface area contributed by atoms with E-state index in [2.05, 4.69) is 54.5 Å². The molecule has 0 saturated carbocycles. The highest BCUT2D eigenvalue weighted by Crippen LogP contribution is 2.44. The molecule has 3 heteroatoms. The number of aryl methyl sites for hydroxylation is 1. The smallest absolute Gasteiger partial charge is 0.258 e. The largest absolute Gasteiger partial charge is 0.542 e. The molecule has 2 rings (SSSR count). The van der Waals surface area contributed by atoms with Gasteiger partial charge in [-0.25, -0.2) is 4.39 Å². The van der Waals surface area contributed by atoms with Crippen molar-refractivity contribution in [2.45, 2.75) is 84.4 Å². The highest BCUT2D eigenvalue weighted by Gasteiger charge is 2.47. The van der Waals surface area contributed by atoms with E-state index in [-0.39, 0.29) is 5.82 Å². The lowest BCUT2D eigenvalue weighted by Gasteiger charge is -2.42. The average molecular weight is 375 g/mol. The quantitative estimate of drug-likeness (QED) is 0.427. The SMILES string of the molecule is CCCCc1cc2cccc(F)c2cc1O[Si](C(C)C)(C(C)C)C(C)C. The first-order valence-electron chi connectivity index (χ1n) is 10.1. The molecule has 0 aliphatic heterocycles. The van der Waals surface area contributed by atoms with Gasteiger partial charge >= 0.3 is 0 Å². The van der Waals surface area contributed by atoms with Crippen LogP contribution in [0.3, 0.4) is 0 Å². The van der Waals surface area contributed by atoms with Crippen molar-refractivity contribution in [2.75, 3.05) is 0 Å². The van der Waals surface area contributed by atoms with Crippen molar-refractivity contribution in [3.8, 4) is 5.75 Å². The van der Waals surface area contributed by atoms with Crippen molar-refractivity contribution < 1.29 is 8.82 Å². The minimum atomic E-state index is -2.07. The van der Waals surface area contributed by atoms with Crippen LogP contribution in [0.25, 0.3) is 10.8 Å². The molecule has 0 radical (unpaired) electrons. The van der Waals surface area contributed by atoms with Gasteiger partial charge in [0.05, 0.1) is 0 Å². The van der Waals surface area contributed by atoms with Crippen LogP contribution in [0.1, 0.15) is 66.9 Å². The van der Waals surface area contributed by atoms with Gasteiger partial charge in [0, 0.05) is 5.39 Å². The molecule has 0 bridgehead atoms. The fourth-order valence-corrected chi connectivity index (χ4v) is 9.79. The standard InChI is InChI=1S/C23H35FOSi/c1-8-9-11-20-14-19-12-10-13-22(24)21(19)15-23(20)25-26(16(2)3,17(4)5)18(6)7/h10,12-18H,8-9,11H2,1-7H3. The molecule has 0 N–H and O–H groups in total. The molecule has 0 unspecified atom stereocenters. The Hall–Kier alpha value is -1.35. The van der Waals surface area contributed by atoms with Gasteiger partial charge in [0.1, 0.15) is 11.6 Å². The molecule has 144 valence electrons. The van der Waals surface area contributed by atoms with E-state index >= 15 is 0 Å². The Morgan fingerprint density at radius 1 is 0.962 bits per heavy atom. The Labute approximate surface area is 160 Å². The minimum Gasteiger partial charge on any atom is -0.542 e. The molecule has 0 aromatic heterocycles. The third-order valence-electron chi connectivity index (χ3n) is 5.80. The van der Waals surface area contributed by atoms with Crippen molar-refractivity contribution in [1.29, 1.82) is 0 Å². The van der Waals surface area contributed by atoms with E-state index in [1.165, 1.54) is 11.6 Å². The van der Waals surface area contributed by atoms with Gasteiger partial charge in [-0.05, 0) is 58.6 Å². The van der Waals surface area contributed by atoms with Gasteiger partial charge in [-0.2, -0.15) is 0 Å². The van der Waals surface area contributed by atoms with Crippen molar-refractivity contribution in [3.05, 3.63) is 41.7 Å². The van der Waals surface area contributed by atoms with Crippen molar-refractivity contribution in [3.63, 3.8) is 0 Å². The molecule has 0 aliphatic carbocycles.